The molecule has 0 bridgehead atoms. The zero-order valence-corrected chi connectivity index (χ0v) is 13.2. The van der Waals surface area contributed by atoms with Crippen LogP contribution in [0.2, 0.25) is 0 Å². The van der Waals surface area contributed by atoms with Gasteiger partial charge in [-0.05, 0) is 41.5 Å². The number of ether oxygens (including phenoxy) is 2. The second kappa shape index (κ2) is 6.74. The largest absolute Gasteiger partial charge is 0.467 e. The Morgan fingerprint density at radius 2 is 1.70 bits per heavy atom. The van der Waals surface area contributed by atoms with Crippen LogP contribution in [0.15, 0.2) is 11.6 Å². The molecule has 2 atom stereocenters. The van der Waals surface area contributed by atoms with Crippen molar-refractivity contribution in [2.75, 3.05) is 7.11 Å². The van der Waals surface area contributed by atoms with Gasteiger partial charge in [0, 0.05) is 0 Å². The van der Waals surface area contributed by atoms with E-state index in [0.717, 1.165) is 5.57 Å². The van der Waals surface area contributed by atoms with Gasteiger partial charge in [0.1, 0.15) is 5.60 Å². The van der Waals surface area contributed by atoms with Gasteiger partial charge in [0.15, 0.2) is 5.60 Å². The smallest absolute Gasteiger partial charge is 0.408 e. The van der Waals surface area contributed by atoms with Gasteiger partial charge in [-0.1, -0.05) is 11.6 Å². The number of hydrogen-bond donors (Lipinski definition) is 2. The van der Waals surface area contributed by atoms with Crippen molar-refractivity contribution in [2.24, 2.45) is 0 Å². The number of methoxy groups -OCH3 is 1. The molecule has 0 heterocycles. The lowest BCUT2D eigenvalue weighted by Gasteiger charge is -2.30. The van der Waals surface area contributed by atoms with Crippen molar-refractivity contribution in [3.8, 4) is 0 Å². The highest BCUT2D eigenvalue weighted by molar-refractivity contribution is 5.81. The topological polar surface area (TPSA) is 84.9 Å². The molecule has 0 saturated carbocycles. The number of hydrogen-bond acceptors (Lipinski definition) is 5. The molecule has 0 aromatic rings. The minimum absolute atomic E-state index is 0.670. The van der Waals surface area contributed by atoms with Crippen LogP contribution in [-0.4, -0.2) is 41.5 Å². The molecule has 0 radical (unpaired) electrons. The summed E-state index contributed by atoms with van der Waals surface area (Å²) >= 11 is 0. The first-order valence-electron chi connectivity index (χ1n) is 6.35. The summed E-state index contributed by atoms with van der Waals surface area (Å²) in [6.45, 7) is 10.0. The van der Waals surface area contributed by atoms with Crippen molar-refractivity contribution >= 4 is 12.1 Å². The first kappa shape index (κ1) is 18.4. The first-order chi connectivity index (χ1) is 8.90. The molecule has 20 heavy (non-hydrogen) atoms. The van der Waals surface area contributed by atoms with Crippen molar-refractivity contribution in [1.82, 2.24) is 5.32 Å². The SMILES string of the molecule is COC(=O)[C@](C)(O)[C@H](C=C(C)C)NC(=O)OC(C)(C)C. The average Bonchev–Trinajstić information content (AvgIpc) is 2.23. The molecule has 0 aliphatic carbocycles. The van der Waals surface area contributed by atoms with E-state index < -0.39 is 29.3 Å². The van der Waals surface area contributed by atoms with E-state index in [1.54, 1.807) is 40.7 Å². The molecule has 116 valence electrons. The number of aliphatic hydroxyl groups is 1. The maximum Gasteiger partial charge on any atom is 0.408 e. The summed E-state index contributed by atoms with van der Waals surface area (Å²) in [6, 6.07) is -0.949. The highest BCUT2D eigenvalue weighted by Crippen LogP contribution is 2.16. The van der Waals surface area contributed by atoms with E-state index in [2.05, 4.69) is 10.1 Å². The van der Waals surface area contributed by atoms with Crippen LogP contribution in [0, 0.1) is 0 Å². The quantitative estimate of drug-likeness (QED) is 0.608. The molecule has 0 aromatic carbocycles. The Bertz CT molecular complexity index is 389. The molecule has 0 aromatic heterocycles. The molecule has 0 aliphatic rings. The fraction of sp³-hybridized carbons (Fsp3) is 0.714. The van der Waals surface area contributed by atoms with Crippen LogP contribution in [0.1, 0.15) is 41.5 Å². The van der Waals surface area contributed by atoms with Crippen LogP contribution in [0.4, 0.5) is 4.79 Å². The third-order valence-corrected chi connectivity index (χ3v) is 2.38. The summed E-state index contributed by atoms with van der Waals surface area (Å²) in [7, 11) is 1.17. The second-order valence-electron chi connectivity index (χ2n) is 6.01. The van der Waals surface area contributed by atoms with Gasteiger partial charge in [0.2, 0.25) is 0 Å². The normalized spacial score (nSPS) is 15.6. The maximum atomic E-state index is 11.8. The Kier molecular flexibility index (Phi) is 6.22. The number of nitrogens with one attached hydrogen (secondary N) is 1. The van der Waals surface area contributed by atoms with E-state index >= 15 is 0 Å². The van der Waals surface area contributed by atoms with Gasteiger partial charge in [-0.15, -0.1) is 0 Å². The molecule has 0 unspecified atom stereocenters. The van der Waals surface area contributed by atoms with Crippen molar-refractivity contribution in [3.05, 3.63) is 11.6 Å². The first-order valence-corrected chi connectivity index (χ1v) is 6.35. The van der Waals surface area contributed by atoms with Crippen molar-refractivity contribution in [3.63, 3.8) is 0 Å². The highest BCUT2D eigenvalue weighted by atomic mass is 16.6. The zero-order chi connectivity index (χ0) is 16.1. The number of alkyl carbamates (subject to hydrolysis) is 1. The summed E-state index contributed by atoms with van der Waals surface area (Å²) < 4.78 is 9.67. The third kappa shape index (κ3) is 6.06. The molecular formula is C14H25NO5. The Morgan fingerprint density at radius 3 is 2.05 bits per heavy atom. The van der Waals surface area contributed by atoms with Gasteiger partial charge < -0.3 is 19.9 Å². The minimum atomic E-state index is -1.89. The van der Waals surface area contributed by atoms with E-state index in [-0.39, 0.29) is 0 Å². The Hall–Kier alpha value is -1.56. The molecule has 0 saturated heterocycles. The standard InChI is InChI=1S/C14H25NO5/c1-9(2)8-10(14(6,18)11(16)19-7)15-12(17)20-13(3,4)5/h8,10,18H,1-7H3,(H,15,17)/t10-,14+/m0/s1. The Morgan fingerprint density at radius 1 is 1.20 bits per heavy atom. The lowest BCUT2D eigenvalue weighted by Crippen LogP contribution is -2.55. The summed E-state index contributed by atoms with van der Waals surface area (Å²) in [5.74, 6) is -0.837. The third-order valence-electron chi connectivity index (χ3n) is 2.38. The number of amides is 1. The van der Waals surface area contributed by atoms with Crippen LogP contribution in [0.5, 0.6) is 0 Å². The van der Waals surface area contributed by atoms with Crippen molar-refractivity contribution < 1.29 is 24.2 Å². The Labute approximate surface area is 120 Å². The molecular weight excluding hydrogens is 262 g/mol. The average molecular weight is 287 g/mol. The number of carbonyl (C=O) groups is 2. The van der Waals surface area contributed by atoms with E-state index in [1.807, 2.05) is 0 Å². The fourth-order valence-corrected chi connectivity index (χ4v) is 1.45. The van der Waals surface area contributed by atoms with Gasteiger partial charge in [-0.2, -0.15) is 0 Å². The molecule has 2 N–H and O–H groups in total. The highest BCUT2D eigenvalue weighted by Gasteiger charge is 2.41. The maximum absolute atomic E-state index is 11.8. The molecule has 0 rings (SSSR count). The van der Waals surface area contributed by atoms with Gasteiger partial charge in [0.25, 0.3) is 0 Å². The minimum Gasteiger partial charge on any atom is -0.467 e. The van der Waals surface area contributed by atoms with Crippen molar-refractivity contribution in [1.29, 1.82) is 0 Å². The van der Waals surface area contributed by atoms with Crippen LogP contribution in [0.3, 0.4) is 0 Å². The van der Waals surface area contributed by atoms with Gasteiger partial charge in [0.05, 0.1) is 13.2 Å². The Balaban J connectivity index is 5.15. The molecule has 6 heteroatoms. The number of carbonyl (C=O) groups excluding carboxylic acids is 2. The monoisotopic (exact) mass is 287 g/mol. The lowest BCUT2D eigenvalue weighted by atomic mass is 9.95. The molecule has 1 amide bonds. The fourth-order valence-electron chi connectivity index (χ4n) is 1.45. The number of esters is 1. The summed E-state index contributed by atoms with van der Waals surface area (Å²) in [5.41, 5.74) is -1.73. The van der Waals surface area contributed by atoms with Crippen LogP contribution < -0.4 is 5.32 Å². The number of rotatable bonds is 4. The van der Waals surface area contributed by atoms with E-state index in [4.69, 9.17) is 4.74 Å². The van der Waals surface area contributed by atoms with Crippen molar-refractivity contribution in [2.45, 2.75) is 58.8 Å². The predicted molar refractivity (Wildman–Crippen MR) is 75.2 cm³/mol. The molecule has 0 fully saturated rings. The summed E-state index contributed by atoms with van der Waals surface area (Å²) in [6.07, 6.45) is 0.852. The second-order valence-corrected chi connectivity index (χ2v) is 6.01. The van der Waals surface area contributed by atoms with E-state index in [0.29, 0.717) is 0 Å². The zero-order valence-electron chi connectivity index (χ0n) is 13.2. The van der Waals surface area contributed by atoms with Crippen LogP contribution in [0.25, 0.3) is 0 Å². The van der Waals surface area contributed by atoms with E-state index in [1.165, 1.54) is 14.0 Å². The molecule has 0 spiro atoms. The van der Waals surface area contributed by atoms with Crippen LogP contribution in [-0.2, 0) is 14.3 Å². The molecule has 6 nitrogen and oxygen atoms in total. The van der Waals surface area contributed by atoms with Gasteiger partial charge in [-0.3, -0.25) is 0 Å². The van der Waals surface area contributed by atoms with Gasteiger partial charge in [-0.25, -0.2) is 9.59 Å². The summed E-state index contributed by atoms with van der Waals surface area (Å²) in [5, 5.41) is 12.7. The molecule has 0 aliphatic heterocycles. The summed E-state index contributed by atoms with van der Waals surface area (Å²) in [4.78, 5) is 23.4. The van der Waals surface area contributed by atoms with Gasteiger partial charge >= 0.3 is 12.1 Å². The predicted octanol–water partition coefficient (Wildman–Crippen LogP) is 1.77. The number of allylic oxidation sites excluding steroid dienone is 1. The van der Waals surface area contributed by atoms with Crippen LogP contribution >= 0.6 is 0 Å². The van der Waals surface area contributed by atoms with E-state index in [9.17, 15) is 14.7 Å². The lowest BCUT2D eigenvalue weighted by molar-refractivity contribution is -0.162.